The van der Waals surface area contributed by atoms with Crippen LogP contribution < -0.4 is 0 Å². The Morgan fingerprint density at radius 2 is 1.64 bits per heavy atom. The van der Waals surface area contributed by atoms with Crippen LogP contribution in [0.25, 0.3) is 28.0 Å². The number of alkyl halides is 3. The number of hydrogen-bond donors (Lipinski definition) is 0. The predicted octanol–water partition coefficient (Wildman–Crippen LogP) is 5.98. The lowest BCUT2D eigenvalue weighted by Gasteiger charge is -2.12. The quantitative estimate of drug-likeness (QED) is 0.437. The summed E-state index contributed by atoms with van der Waals surface area (Å²) in [6.07, 6.45) is -3.64. The topological polar surface area (TPSA) is 30.7 Å². The van der Waals surface area contributed by atoms with Crippen molar-refractivity contribution in [2.45, 2.75) is 26.4 Å². The van der Waals surface area contributed by atoms with Crippen molar-refractivity contribution in [3.63, 3.8) is 0 Å². The Morgan fingerprint density at radius 3 is 2.25 bits per heavy atom. The average molecular weight is 381 g/mol. The molecular formula is C22H18F3N3. The fraction of sp³-hybridized carbons (Fsp3) is 0.182. The third-order valence-corrected chi connectivity index (χ3v) is 4.78. The van der Waals surface area contributed by atoms with Crippen LogP contribution in [0.5, 0.6) is 0 Å². The van der Waals surface area contributed by atoms with Crippen molar-refractivity contribution in [2.24, 2.45) is 0 Å². The zero-order valence-corrected chi connectivity index (χ0v) is 15.5. The predicted molar refractivity (Wildman–Crippen MR) is 103 cm³/mol. The van der Waals surface area contributed by atoms with E-state index in [9.17, 15) is 13.2 Å². The lowest BCUT2D eigenvalue weighted by Crippen LogP contribution is -2.08. The summed E-state index contributed by atoms with van der Waals surface area (Å²) in [6.45, 7) is 3.61. The molecule has 0 saturated carbocycles. The zero-order chi connectivity index (χ0) is 19.9. The Morgan fingerprint density at radius 1 is 0.964 bits per heavy atom. The van der Waals surface area contributed by atoms with Gasteiger partial charge >= 0.3 is 6.18 Å². The molecule has 2 aromatic heterocycles. The highest BCUT2D eigenvalue weighted by Crippen LogP contribution is 2.38. The molecule has 0 N–H and O–H groups in total. The number of benzene rings is 2. The van der Waals surface area contributed by atoms with Gasteiger partial charge in [-0.2, -0.15) is 18.3 Å². The van der Waals surface area contributed by atoms with Crippen LogP contribution in [0, 0.1) is 6.92 Å². The highest BCUT2D eigenvalue weighted by molar-refractivity contribution is 5.87. The van der Waals surface area contributed by atoms with Crippen molar-refractivity contribution < 1.29 is 13.2 Å². The summed E-state index contributed by atoms with van der Waals surface area (Å²) in [5.74, 6) is 0. The van der Waals surface area contributed by atoms with Gasteiger partial charge in [0.25, 0.3) is 0 Å². The van der Waals surface area contributed by atoms with Crippen molar-refractivity contribution in [1.29, 1.82) is 0 Å². The first-order chi connectivity index (χ1) is 13.4. The molecule has 0 fully saturated rings. The third-order valence-electron chi connectivity index (χ3n) is 4.78. The molecule has 28 heavy (non-hydrogen) atoms. The first-order valence-electron chi connectivity index (χ1n) is 9.01. The van der Waals surface area contributed by atoms with Gasteiger partial charge in [-0.05, 0) is 37.1 Å². The van der Waals surface area contributed by atoms with E-state index >= 15 is 0 Å². The normalized spacial score (nSPS) is 11.9. The molecule has 0 aliphatic rings. The Balaban J connectivity index is 2.02. The molecule has 0 aliphatic carbocycles. The van der Waals surface area contributed by atoms with Gasteiger partial charge in [0.05, 0.1) is 28.0 Å². The lowest BCUT2D eigenvalue weighted by molar-refractivity contribution is -0.136. The summed E-state index contributed by atoms with van der Waals surface area (Å²) in [5.41, 5.74) is 2.49. The molecule has 2 heterocycles. The Kier molecular flexibility index (Phi) is 4.41. The minimum atomic E-state index is -4.51. The van der Waals surface area contributed by atoms with Gasteiger partial charge in [-0.15, -0.1) is 0 Å². The van der Waals surface area contributed by atoms with Crippen LogP contribution in [-0.4, -0.2) is 14.8 Å². The van der Waals surface area contributed by atoms with E-state index in [1.165, 1.54) is 4.68 Å². The number of halogens is 3. The monoisotopic (exact) mass is 381 g/mol. The molecule has 0 aliphatic heterocycles. The summed E-state index contributed by atoms with van der Waals surface area (Å²) in [4.78, 5) is 4.57. The summed E-state index contributed by atoms with van der Waals surface area (Å²) in [5, 5.41) is 4.38. The van der Waals surface area contributed by atoms with Gasteiger partial charge in [0.15, 0.2) is 5.65 Å². The maximum atomic E-state index is 13.9. The maximum Gasteiger partial charge on any atom is 0.417 e. The molecule has 0 radical (unpaired) electrons. The van der Waals surface area contributed by atoms with Crippen LogP contribution in [0.2, 0.25) is 0 Å². The van der Waals surface area contributed by atoms with Gasteiger partial charge in [-0.3, -0.25) is 0 Å². The number of fused-ring (bicyclic) bond motifs is 1. The molecule has 0 amide bonds. The molecule has 3 nitrogen and oxygen atoms in total. The second-order valence-corrected chi connectivity index (χ2v) is 6.63. The van der Waals surface area contributed by atoms with Crippen molar-refractivity contribution in [3.8, 4) is 16.9 Å². The summed E-state index contributed by atoms with van der Waals surface area (Å²) >= 11 is 0. The van der Waals surface area contributed by atoms with E-state index in [0.717, 1.165) is 18.1 Å². The molecule has 4 aromatic rings. The van der Waals surface area contributed by atoms with Gasteiger partial charge in [-0.25, -0.2) is 9.67 Å². The standard InChI is InChI=1S/C22H18F3N3/c1-3-15-9-11-16(12-10-15)19-13-18(22(23,24)25)20-14(2)27-28(21(20)26-19)17-7-5-4-6-8-17/h4-13H,3H2,1-2H3. The molecule has 0 spiro atoms. The number of hydrogen-bond acceptors (Lipinski definition) is 2. The zero-order valence-electron chi connectivity index (χ0n) is 15.5. The maximum absolute atomic E-state index is 13.9. The van der Waals surface area contributed by atoms with Crippen molar-refractivity contribution >= 4 is 11.0 Å². The molecule has 0 saturated heterocycles. The number of nitrogens with zero attached hydrogens (tertiary/aromatic N) is 3. The smallest absolute Gasteiger partial charge is 0.228 e. The van der Waals surface area contributed by atoms with E-state index in [1.54, 1.807) is 19.1 Å². The van der Waals surface area contributed by atoms with Gasteiger partial charge in [0.1, 0.15) is 0 Å². The second-order valence-electron chi connectivity index (χ2n) is 6.63. The van der Waals surface area contributed by atoms with Crippen molar-refractivity contribution in [1.82, 2.24) is 14.8 Å². The van der Waals surface area contributed by atoms with Crippen molar-refractivity contribution in [2.75, 3.05) is 0 Å². The first kappa shape index (κ1) is 18.2. The van der Waals surface area contributed by atoms with E-state index in [1.807, 2.05) is 49.4 Å². The summed E-state index contributed by atoms with van der Waals surface area (Å²) in [7, 11) is 0. The highest BCUT2D eigenvalue weighted by atomic mass is 19.4. The van der Waals surface area contributed by atoms with Gasteiger partial charge in [0, 0.05) is 5.56 Å². The number of rotatable bonds is 3. The van der Waals surface area contributed by atoms with E-state index in [4.69, 9.17) is 0 Å². The van der Waals surface area contributed by atoms with Gasteiger partial charge in [0.2, 0.25) is 0 Å². The van der Waals surface area contributed by atoms with Gasteiger partial charge < -0.3 is 0 Å². The second kappa shape index (κ2) is 6.78. The molecule has 0 unspecified atom stereocenters. The average Bonchev–Trinajstić information content (AvgIpc) is 3.04. The van der Waals surface area contributed by atoms with Crippen LogP contribution in [0.4, 0.5) is 13.2 Å². The Hall–Kier alpha value is -3.15. The van der Waals surface area contributed by atoms with Crippen LogP contribution in [0.15, 0.2) is 60.7 Å². The third kappa shape index (κ3) is 3.15. The minimum absolute atomic E-state index is 0.0327. The molecule has 142 valence electrons. The number of aromatic nitrogens is 3. The van der Waals surface area contributed by atoms with E-state index < -0.39 is 11.7 Å². The van der Waals surface area contributed by atoms with E-state index in [2.05, 4.69) is 10.1 Å². The van der Waals surface area contributed by atoms with Gasteiger partial charge in [-0.1, -0.05) is 49.4 Å². The first-order valence-corrected chi connectivity index (χ1v) is 9.01. The van der Waals surface area contributed by atoms with Crippen LogP contribution in [-0.2, 0) is 12.6 Å². The van der Waals surface area contributed by atoms with E-state index in [-0.39, 0.29) is 16.7 Å². The highest BCUT2D eigenvalue weighted by Gasteiger charge is 2.35. The Labute approximate surface area is 160 Å². The molecular weight excluding hydrogens is 363 g/mol. The van der Waals surface area contributed by atoms with Crippen molar-refractivity contribution in [3.05, 3.63) is 77.5 Å². The Bertz CT molecular complexity index is 1130. The summed E-state index contributed by atoms with van der Waals surface area (Å²) < 4.78 is 43.1. The fourth-order valence-corrected chi connectivity index (χ4v) is 3.32. The van der Waals surface area contributed by atoms with Crippen LogP contribution in [0.3, 0.4) is 0 Å². The summed E-state index contributed by atoms with van der Waals surface area (Å²) in [6, 6.07) is 17.6. The molecule has 4 rings (SSSR count). The number of pyridine rings is 1. The van der Waals surface area contributed by atoms with E-state index in [0.29, 0.717) is 16.9 Å². The number of para-hydroxylation sites is 1. The molecule has 6 heteroatoms. The molecule has 2 aromatic carbocycles. The van der Waals surface area contributed by atoms with Crippen LogP contribution in [0.1, 0.15) is 23.7 Å². The van der Waals surface area contributed by atoms with Crippen LogP contribution >= 0.6 is 0 Å². The fourth-order valence-electron chi connectivity index (χ4n) is 3.32. The molecule has 0 bridgehead atoms. The lowest BCUT2D eigenvalue weighted by atomic mass is 10.0. The minimum Gasteiger partial charge on any atom is -0.228 e. The molecule has 0 atom stereocenters. The largest absolute Gasteiger partial charge is 0.417 e. The number of aryl methyl sites for hydroxylation is 2. The SMILES string of the molecule is CCc1ccc(-c2cc(C(F)(F)F)c3c(C)nn(-c4ccccc4)c3n2)cc1.